The van der Waals surface area contributed by atoms with Gasteiger partial charge in [0.25, 0.3) is 0 Å². The Balaban J connectivity index is 1.48. The molecule has 0 nitrogen and oxygen atoms in total. The zero-order chi connectivity index (χ0) is 29.4. The number of hydrogen-bond acceptors (Lipinski definition) is 1. The van der Waals surface area contributed by atoms with Crippen molar-refractivity contribution in [3.8, 4) is 43.8 Å². The summed E-state index contributed by atoms with van der Waals surface area (Å²) in [4.78, 5) is 1.29. The van der Waals surface area contributed by atoms with Gasteiger partial charge in [-0.1, -0.05) is 135 Å². The summed E-state index contributed by atoms with van der Waals surface area (Å²) in [7, 11) is 0. The largest absolute Gasteiger partial charge is 0.144 e. The minimum Gasteiger partial charge on any atom is -0.144 e. The molecule has 0 saturated carbocycles. The molecule has 0 unspecified atom stereocenters. The summed E-state index contributed by atoms with van der Waals surface area (Å²) in [5.41, 5.74) is 11.9. The summed E-state index contributed by atoms with van der Waals surface area (Å²) in [6.45, 7) is 4.78. The Bertz CT molecular complexity index is 2390. The molecule has 0 radical (unpaired) electrons. The normalized spacial score (nSPS) is 13.4. The fraction of sp³-hybridized carbons (Fsp3) is 0.0698. The Morgan fingerprint density at radius 2 is 1.05 bits per heavy atom. The lowest BCUT2D eigenvalue weighted by atomic mass is 9.79. The van der Waals surface area contributed by atoms with E-state index in [1.165, 1.54) is 87.3 Å². The van der Waals surface area contributed by atoms with E-state index in [1.807, 2.05) is 0 Å². The van der Waals surface area contributed by atoms with Crippen LogP contribution in [0, 0.1) is 0 Å². The predicted molar refractivity (Wildman–Crippen MR) is 191 cm³/mol. The zero-order valence-corrected chi connectivity index (χ0v) is 25.6. The quantitative estimate of drug-likeness (QED) is 0.183. The lowest BCUT2D eigenvalue weighted by molar-refractivity contribution is 0.661. The molecule has 1 heterocycles. The van der Waals surface area contributed by atoms with Crippen LogP contribution in [0.25, 0.3) is 76.1 Å². The molecule has 7 aromatic carbocycles. The van der Waals surface area contributed by atoms with Crippen LogP contribution in [0.2, 0.25) is 0 Å². The van der Waals surface area contributed by atoms with Crippen LogP contribution < -0.4 is 0 Å². The van der Waals surface area contributed by atoms with Crippen LogP contribution in [-0.2, 0) is 5.41 Å². The summed E-state index contributed by atoms with van der Waals surface area (Å²) >= 11 is 1.80. The maximum atomic E-state index is 2.53. The molecule has 0 amide bonds. The predicted octanol–water partition coefficient (Wildman–Crippen LogP) is 12.5. The summed E-state index contributed by atoms with van der Waals surface area (Å²) in [6.07, 6.45) is 0. The smallest absolute Gasteiger partial charge is 0.0342 e. The summed E-state index contributed by atoms with van der Waals surface area (Å²) in [5, 5.41) is 9.97. The highest BCUT2D eigenvalue weighted by Gasteiger charge is 2.37. The average molecular weight is 579 g/mol. The number of fused-ring (bicyclic) bond motifs is 7. The van der Waals surface area contributed by atoms with Gasteiger partial charge in [0.1, 0.15) is 0 Å². The van der Waals surface area contributed by atoms with Crippen LogP contribution in [-0.4, -0.2) is 0 Å². The van der Waals surface area contributed by atoms with E-state index in [0.717, 1.165) is 0 Å². The van der Waals surface area contributed by atoms with E-state index in [4.69, 9.17) is 0 Å². The van der Waals surface area contributed by atoms with Gasteiger partial charge >= 0.3 is 0 Å². The minimum absolute atomic E-state index is 0.0948. The van der Waals surface area contributed by atoms with Gasteiger partial charge in [0.2, 0.25) is 0 Å². The van der Waals surface area contributed by atoms with E-state index in [9.17, 15) is 0 Å². The van der Waals surface area contributed by atoms with Crippen molar-refractivity contribution in [3.05, 3.63) is 156 Å². The van der Waals surface area contributed by atoms with Crippen LogP contribution in [0.5, 0.6) is 0 Å². The molecule has 1 heteroatoms. The van der Waals surface area contributed by atoms with Crippen LogP contribution in [0.15, 0.2) is 145 Å². The van der Waals surface area contributed by atoms with Gasteiger partial charge in [-0.15, -0.1) is 11.3 Å². The van der Waals surface area contributed by atoms with E-state index in [-0.39, 0.29) is 5.41 Å². The van der Waals surface area contributed by atoms with Crippen LogP contribution in [0.4, 0.5) is 0 Å². The molecule has 1 aliphatic rings. The Morgan fingerprint density at radius 3 is 1.80 bits per heavy atom. The summed E-state index contributed by atoms with van der Waals surface area (Å²) < 4.78 is 0. The number of hydrogen-bond donors (Lipinski definition) is 0. The first-order valence-electron chi connectivity index (χ1n) is 15.4. The van der Waals surface area contributed by atoms with Gasteiger partial charge in [-0.05, 0) is 106 Å². The summed E-state index contributed by atoms with van der Waals surface area (Å²) in [6, 6.07) is 52.0. The lowest BCUT2D eigenvalue weighted by Crippen LogP contribution is -2.15. The van der Waals surface area contributed by atoms with Gasteiger partial charge in [0, 0.05) is 10.3 Å². The fourth-order valence-corrected chi connectivity index (χ4v) is 8.46. The van der Waals surface area contributed by atoms with E-state index in [2.05, 4.69) is 159 Å². The van der Waals surface area contributed by atoms with Crippen LogP contribution in [0.3, 0.4) is 0 Å². The van der Waals surface area contributed by atoms with E-state index in [0.29, 0.717) is 0 Å². The second-order valence-corrected chi connectivity index (χ2v) is 13.4. The van der Waals surface area contributed by atoms with E-state index >= 15 is 0 Å². The van der Waals surface area contributed by atoms with E-state index < -0.39 is 0 Å². The molecule has 1 aromatic heterocycles. The minimum atomic E-state index is -0.0948. The highest BCUT2D eigenvalue weighted by Crippen LogP contribution is 2.55. The molecule has 208 valence electrons. The maximum absolute atomic E-state index is 2.53. The van der Waals surface area contributed by atoms with Crippen molar-refractivity contribution in [2.75, 3.05) is 0 Å². The molecule has 1 aliphatic carbocycles. The third-order valence-electron chi connectivity index (χ3n) is 9.75. The van der Waals surface area contributed by atoms with Crippen LogP contribution in [0.1, 0.15) is 25.0 Å². The Morgan fingerprint density at radius 1 is 0.409 bits per heavy atom. The molecule has 0 fully saturated rings. The van der Waals surface area contributed by atoms with Crippen molar-refractivity contribution in [3.63, 3.8) is 0 Å². The number of thiophene rings is 1. The van der Waals surface area contributed by atoms with Gasteiger partial charge < -0.3 is 0 Å². The average Bonchev–Trinajstić information content (AvgIpc) is 3.69. The third kappa shape index (κ3) is 3.57. The van der Waals surface area contributed by atoms with Gasteiger partial charge in [-0.25, -0.2) is 0 Å². The highest BCUT2D eigenvalue weighted by atomic mass is 32.1. The SMILES string of the molecule is CC1(C)c2ccccc2-c2c1cc(-c1c3ccccc3c(-c3ccccc3)c3ccc(-c4cccs4)cc13)c1ccccc21. The second kappa shape index (κ2) is 9.51. The highest BCUT2D eigenvalue weighted by molar-refractivity contribution is 7.13. The first kappa shape index (κ1) is 25.5. The zero-order valence-electron chi connectivity index (χ0n) is 24.8. The molecule has 0 aliphatic heterocycles. The first-order valence-corrected chi connectivity index (χ1v) is 16.2. The fourth-order valence-electron chi connectivity index (χ4n) is 7.74. The molecule has 8 aromatic rings. The lowest BCUT2D eigenvalue weighted by Gasteiger charge is -2.24. The Labute approximate surface area is 261 Å². The molecular formula is C43H30S. The Kier molecular flexibility index (Phi) is 5.51. The number of benzene rings is 7. The van der Waals surface area contributed by atoms with Crippen molar-refractivity contribution < 1.29 is 0 Å². The first-order chi connectivity index (χ1) is 21.6. The molecule has 0 N–H and O–H groups in total. The van der Waals surface area contributed by atoms with Crippen molar-refractivity contribution in [2.45, 2.75) is 19.3 Å². The van der Waals surface area contributed by atoms with Crippen molar-refractivity contribution in [1.82, 2.24) is 0 Å². The van der Waals surface area contributed by atoms with Crippen molar-refractivity contribution in [2.24, 2.45) is 0 Å². The summed E-state index contributed by atoms with van der Waals surface area (Å²) in [5.74, 6) is 0. The second-order valence-electron chi connectivity index (χ2n) is 12.5. The molecule has 0 bridgehead atoms. The number of rotatable bonds is 3. The Hall–Kier alpha value is -4.98. The van der Waals surface area contributed by atoms with Gasteiger partial charge in [-0.3, -0.25) is 0 Å². The van der Waals surface area contributed by atoms with Gasteiger partial charge in [0.15, 0.2) is 0 Å². The van der Waals surface area contributed by atoms with Crippen molar-refractivity contribution in [1.29, 1.82) is 0 Å². The molecule has 0 spiro atoms. The molecule has 9 rings (SSSR count). The third-order valence-corrected chi connectivity index (χ3v) is 10.7. The molecule has 0 saturated heterocycles. The van der Waals surface area contributed by atoms with Crippen LogP contribution >= 0.6 is 11.3 Å². The maximum Gasteiger partial charge on any atom is 0.0342 e. The van der Waals surface area contributed by atoms with Crippen molar-refractivity contribution >= 4 is 43.7 Å². The molecule has 0 atom stereocenters. The standard InChI is InChI=1S/C43H30S/c1-43(2)37-20-11-10-19-34(37)42-30-16-7-6-15-29(30)36(26-38(42)43)41-32-18-9-8-17-31(32)40(27-13-4-3-5-14-27)33-23-22-28(25-35(33)41)39-21-12-24-44-39/h3-26H,1-2H3. The van der Waals surface area contributed by atoms with Gasteiger partial charge in [-0.2, -0.15) is 0 Å². The topological polar surface area (TPSA) is 0 Å². The monoisotopic (exact) mass is 578 g/mol. The molecule has 44 heavy (non-hydrogen) atoms. The molecular weight excluding hydrogens is 549 g/mol. The van der Waals surface area contributed by atoms with E-state index in [1.54, 1.807) is 11.3 Å². The van der Waals surface area contributed by atoms with Gasteiger partial charge in [0.05, 0.1) is 0 Å².